The van der Waals surface area contributed by atoms with Gasteiger partial charge >= 0.3 is 0 Å². The zero-order valence-corrected chi connectivity index (χ0v) is 11.4. The molecule has 1 nitrogen and oxygen atoms in total. The van der Waals surface area contributed by atoms with Crippen molar-refractivity contribution in [1.82, 2.24) is 0 Å². The molecule has 0 heterocycles. The van der Waals surface area contributed by atoms with E-state index in [1.54, 1.807) is 12.1 Å². The maximum absolute atomic E-state index is 13.7. The third-order valence-electron chi connectivity index (χ3n) is 4.00. The minimum atomic E-state index is -0.379. The third-order valence-corrected chi connectivity index (χ3v) is 4.23. The van der Waals surface area contributed by atoms with Crippen LogP contribution in [0.2, 0.25) is 5.02 Å². The maximum atomic E-state index is 13.7. The standard InChI is InChI=1S/C15H18ClFO/c1-15(7-3-2-4-8-15)14(18)9-11-5-6-12(16)10-13(11)17/h5-6,10H,2-4,7-9H2,1H3. The van der Waals surface area contributed by atoms with E-state index in [1.807, 2.05) is 6.92 Å². The number of hydrogen-bond donors (Lipinski definition) is 0. The van der Waals surface area contributed by atoms with Crippen LogP contribution in [0, 0.1) is 11.2 Å². The quantitative estimate of drug-likeness (QED) is 0.785. The predicted molar refractivity (Wildman–Crippen MR) is 71.3 cm³/mol. The minimum Gasteiger partial charge on any atom is -0.299 e. The van der Waals surface area contributed by atoms with Crippen molar-refractivity contribution in [3.05, 3.63) is 34.6 Å². The summed E-state index contributed by atoms with van der Waals surface area (Å²) in [4.78, 5) is 12.3. The summed E-state index contributed by atoms with van der Waals surface area (Å²) in [6, 6.07) is 4.52. The maximum Gasteiger partial charge on any atom is 0.143 e. The van der Waals surface area contributed by atoms with Crippen molar-refractivity contribution in [3.8, 4) is 0 Å². The Labute approximate surface area is 112 Å². The van der Waals surface area contributed by atoms with Gasteiger partial charge in [-0.1, -0.05) is 43.9 Å². The fourth-order valence-electron chi connectivity index (χ4n) is 2.66. The molecule has 1 aliphatic rings. The van der Waals surface area contributed by atoms with Gasteiger partial charge in [0, 0.05) is 16.9 Å². The summed E-state index contributed by atoms with van der Waals surface area (Å²) in [5.74, 6) is -0.223. The number of halogens is 2. The van der Waals surface area contributed by atoms with Gasteiger partial charge in [0.1, 0.15) is 11.6 Å². The van der Waals surface area contributed by atoms with Gasteiger partial charge in [0.2, 0.25) is 0 Å². The van der Waals surface area contributed by atoms with Crippen LogP contribution in [0.15, 0.2) is 18.2 Å². The molecule has 0 spiro atoms. The first-order valence-corrected chi connectivity index (χ1v) is 6.86. The number of carbonyl (C=O) groups is 1. The molecule has 98 valence electrons. The molecular weight excluding hydrogens is 251 g/mol. The van der Waals surface area contributed by atoms with E-state index in [0.717, 1.165) is 25.7 Å². The van der Waals surface area contributed by atoms with Crippen LogP contribution in [-0.2, 0) is 11.2 Å². The molecule has 0 N–H and O–H groups in total. The highest BCUT2D eigenvalue weighted by molar-refractivity contribution is 6.30. The summed E-state index contributed by atoms with van der Waals surface area (Å²) < 4.78 is 13.7. The Hall–Kier alpha value is -0.890. The Kier molecular flexibility index (Phi) is 4.06. The van der Waals surface area contributed by atoms with Gasteiger partial charge in [-0.15, -0.1) is 0 Å². The van der Waals surface area contributed by atoms with E-state index in [0.29, 0.717) is 10.6 Å². The van der Waals surface area contributed by atoms with Gasteiger partial charge < -0.3 is 0 Å². The van der Waals surface area contributed by atoms with E-state index in [2.05, 4.69) is 0 Å². The van der Waals surface area contributed by atoms with E-state index in [-0.39, 0.29) is 23.4 Å². The van der Waals surface area contributed by atoms with E-state index >= 15 is 0 Å². The van der Waals surface area contributed by atoms with Gasteiger partial charge in [-0.25, -0.2) is 4.39 Å². The van der Waals surface area contributed by atoms with Crippen molar-refractivity contribution < 1.29 is 9.18 Å². The van der Waals surface area contributed by atoms with Crippen molar-refractivity contribution in [2.24, 2.45) is 5.41 Å². The van der Waals surface area contributed by atoms with Crippen molar-refractivity contribution in [1.29, 1.82) is 0 Å². The van der Waals surface area contributed by atoms with Crippen LogP contribution < -0.4 is 0 Å². The third kappa shape index (κ3) is 2.92. The van der Waals surface area contributed by atoms with E-state index in [1.165, 1.54) is 12.5 Å². The van der Waals surface area contributed by atoms with Crippen LogP contribution in [0.5, 0.6) is 0 Å². The van der Waals surface area contributed by atoms with Gasteiger partial charge in [-0.05, 0) is 30.5 Å². The van der Waals surface area contributed by atoms with Crippen LogP contribution in [0.4, 0.5) is 4.39 Å². The van der Waals surface area contributed by atoms with Gasteiger partial charge in [-0.2, -0.15) is 0 Å². The predicted octanol–water partition coefficient (Wildman–Crippen LogP) is 4.56. The molecule has 0 saturated heterocycles. The molecule has 2 rings (SSSR count). The Morgan fingerprint density at radius 3 is 2.61 bits per heavy atom. The molecule has 1 aromatic carbocycles. The van der Waals surface area contributed by atoms with Gasteiger partial charge in [0.15, 0.2) is 0 Å². The van der Waals surface area contributed by atoms with E-state index < -0.39 is 0 Å². The van der Waals surface area contributed by atoms with E-state index in [9.17, 15) is 9.18 Å². The number of ketones is 1. The summed E-state index contributed by atoms with van der Waals surface area (Å²) in [6.45, 7) is 2.02. The molecule has 3 heteroatoms. The lowest BCUT2D eigenvalue weighted by atomic mass is 9.71. The lowest BCUT2D eigenvalue weighted by Crippen LogP contribution is -2.31. The Morgan fingerprint density at radius 1 is 1.33 bits per heavy atom. The summed E-state index contributed by atoms with van der Waals surface area (Å²) >= 11 is 5.70. The summed E-state index contributed by atoms with van der Waals surface area (Å²) in [5, 5.41) is 0.368. The highest BCUT2D eigenvalue weighted by Gasteiger charge is 2.34. The molecule has 1 saturated carbocycles. The molecule has 0 radical (unpaired) electrons. The summed E-state index contributed by atoms with van der Waals surface area (Å²) in [6.07, 6.45) is 5.45. The lowest BCUT2D eigenvalue weighted by molar-refractivity contribution is -0.128. The molecular formula is C15H18ClFO. The number of Topliss-reactive ketones (excluding diaryl/α,β-unsaturated/α-hetero) is 1. The fourth-order valence-corrected chi connectivity index (χ4v) is 2.82. The van der Waals surface area contributed by atoms with Crippen LogP contribution in [-0.4, -0.2) is 5.78 Å². The summed E-state index contributed by atoms with van der Waals surface area (Å²) in [7, 11) is 0. The van der Waals surface area contributed by atoms with Crippen LogP contribution >= 0.6 is 11.6 Å². The largest absolute Gasteiger partial charge is 0.299 e. The number of benzene rings is 1. The highest BCUT2D eigenvalue weighted by atomic mass is 35.5. The average molecular weight is 269 g/mol. The first-order chi connectivity index (χ1) is 8.51. The molecule has 0 aromatic heterocycles. The van der Waals surface area contributed by atoms with Crippen molar-refractivity contribution >= 4 is 17.4 Å². The molecule has 1 fully saturated rings. The second-order valence-corrected chi connectivity index (χ2v) is 5.89. The second-order valence-electron chi connectivity index (χ2n) is 5.46. The van der Waals surface area contributed by atoms with Crippen molar-refractivity contribution in [2.75, 3.05) is 0 Å². The average Bonchev–Trinajstić information content (AvgIpc) is 2.33. The van der Waals surface area contributed by atoms with Crippen LogP contribution in [0.3, 0.4) is 0 Å². The second kappa shape index (κ2) is 5.40. The van der Waals surface area contributed by atoms with Crippen molar-refractivity contribution in [2.45, 2.75) is 45.4 Å². The fraction of sp³-hybridized carbons (Fsp3) is 0.533. The SMILES string of the molecule is CC1(C(=O)Cc2ccc(Cl)cc2F)CCCCC1. The summed E-state index contributed by atoms with van der Waals surface area (Å²) in [5.41, 5.74) is 0.195. The minimum absolute atomic E-state index is 0.156. The van der Waals surface area contributed by atoms with Crippen LogP contribution in [0.25, 0.3) is 0 Å². The van der Waals surface area contributed by atoms with Crippen LogP contribution in [0.1, 0.15) is 44.6 Å². The Morgan fingerprint density at radius 2 is 2.00 bits per heavy atom. The van der Waals surface area contributed by atoms with E-state index in [4.69, 9.17) is 11.6 Å². The van der Waals surface area contributed by atoms with Gasteiger partial charge in [-0.3, -0.25) is 4.79 Å². The number of rotatable bonds is 3. The van der Waals surface area contributed by atoms with Gasteiger partial charge in [0.05, 0.1) is 0 Å². The first-order valence-electron chi connectivity index (χ1n) is 6.48. The van der Waals surface area contributed by atoms with Crippen molar-refractivity contribution in [3.63, 3.8) is 0 Å². The molecule has 0 atom stereocenters. The molecule has 1 aromatic rings. The molecule has 18 heavy (non-hydrogen) atoms. The molecule has 1 aliphatic carbocycles. The highest BCUT2D eigenvalue weighted by Crippen LogP contribution is 2.37. The molecule has 0 amide bonds. The topological polar surface area (TPSA) is 17.1 Å². The molecule has 0 aliphatic heterocycles. The Bertz CT molecular complexity index is 450. The Balaban J connectivity index is 2.11. The molecule has 0 unspecified atom stereocenters. The zero-order chi connectivity index (χ0) is 13.2. The zero-order valence-electron chi connectivity index (χ0n) is 10.6. The smallest absolute Gasteiger partial charge is 0.143 e. The first kappa shape index (κ1) is 13.5. The lowest BCUT2D eigenvalue weighted by Gasteiger charge is -2.32. The number of hydrogen-bond acceptors (Lipinski definition) is 1. The number of carbonyl (C=O) groups excluding carboxylic acids is 1. The molecule has 0 bridgehead atoms. The van der Waals surface area contributed by atoms with Gasteiger partial charge in [0.25, 0.3) is 0 Å². The monoisotopic (exact) mass is 268 g/mol. The normalized spacial score (nSPS) is 18.6.